The molecule has 1 heterocycles. The van der Waals surface area contributed by atoms with Crippen molar-refractivity contribution in [2.24, 2.45) is 0 Å². The monoisotopic (exact) mass is 269 g/mol. The molecule has 0 N–H and O–H groups in total. The van der Waals surface area contributed by atoms with Gasteiger partial charge in [0.2, 0.25) is 0 Å². The molecule has 1 amide bonds. The van der Waals surface area contributed by atoms with Crippen molar-refractivity contribution in [3.8, 4) is 0 Å². The van der Waals surface area contributed by atoms with E-state index in [0.717, 1.165) is 0 Å². The van der Waals surface area contributed by atoms with Crippen LogP contribution in [0.4, 0.5) is 0 Å². The second-order valence-electron chi connectivity index (χ2n) is 3.52. The molecule has 0 spiro atoms. The molecule has 98 valence electrons. The zero-order valence-corrected chi connectivity index (χ0v) is 11.3. The first-order valence-corrected chi connectivity index (χ1v) is 7.04. The Morgan fingerprint density at radius 3 is 2.28 bits per heavy atom. The van der Waals surface area contributed by atoms with E-state index < -0.39 is 22.5 Å². The van der Waals surface area contributed by atoms with Crippen LogP contribution in [0.2, 0.25) is 0 Å². The molecule has 0 radical (unpaired) electrons. The Morgan fingerprint density at radius 1 is 1.22 bits per heavy atom. The van der Waals surface area contributed by atoms with Crippen LogP contribution in [-0.4, -0.2) is 31.0 Å². The van der Waals surface area contributed by atoms with Gasteiger partial charge in [0.1, 0.15) is 10.7 Å². The third-order valence-electron chi connectivity index (χ3n) is 2.28. The number of benzene rings is 1. The number of sulfonamides is 1. The minimum Gasteiger partial charge on any atom is -0.298 e. The lowest BCUT2D eigenvalue weighted by atomic mass is 10.2. The first-order chi connectivity index (χ1) is 8.44. The second kappa shape index (κ2) is 5.30. The minimum absolute atomic E-state index is 0.0266. The molecule has 0 atom stereocenters. The number of hydrogen-bond donors (Lipinski definition) is 0. The molecule has 1 aliphatic heterocycles. The topological polar surface area (TPSA) is 71.5 Å². The highest BCUT2D eigenvalue weighted by molar-refractivity contribution is 7.90. The summed E-state index contributed by atoms with van der Waals surface area (Å²) in [5.74, 6) is -1.00. The number of carbonyl (C=O) groups excluding carboxylic acids is 2. The second-order valence-corrected chi connectivity index (χ2v) is 5.35. The quantitative estimate of drug-likeness (QED) is 0.814. The number of carbonyl (C=O) groups is 2. The van der Waals surface area contributed by atoms with E-state index in [-0.39, 0.29) is 16.2 Å². The van der Waals surface area contributed by atoms with Gasteiger partial charge in [0.05, 0.1) is 12.1 Å². The molecule has 1 aromatic rings. The predicted octanol–water partition coefficient (Wildman–Crippen LogP) is 1.45. The summed E-state index contributed by atoms with van der Waals surface area (Å²) in [7, 11) is -3.83. The van der Waals surface area contributed by atoms with Crippen molar-refractivity contribution in [1.82, 2.24) is 4.31 Å². The average molecular weight is 269 g/mol. The lowest BCUT2D eigenvalue weighted by Gasteiger charge is -2.12. The fraction of sp³-hybridized carbons (Fsp3) is 0.333. The number of ketones is 1. The van der Waals surface area contributed by atoms with Crippen molar-refractivity contribution >= 4 is 21.7 Å². The van der Waals surface area contributed by atoms with E-state index in [1.807, 2.05) is 13.8 Å². The fourth-order valence-corrected chi connectivity index (χ4v) is 3.18. The number of nitrogens with zero attached hydrogens (tertiary/aromatic N) is 1. The fourth-order valence-electron chi connectivity index (χ4n) is 1.59. The van der Waals surface area contributed by atoms with Gasteiger partial charge < -0.3 is 0 Å². The number of rotatable bonds is 2. The SMILES string of the molecule is CC.CC(=O)CN1C(=O)c2ccccc2S1(=O)=O. The van der Waals surface area contributed by atoms with Gasteiger partial charge in [0.25, 0.3) is 15.9 Å². The van der Waals surface area contributed by atoms with E-state index >= 15 is 0 Å². The minimum atomic E-state index is -3.83. The Hall–Kier alpha value is -1.69. The molecule has 0 aromatic heterocycles. The Kier molecular flexibility index (Phi) is 4.24. The van der Waals surface area contributed by atoms with Crippen molar-refractivity contribution in [2.45, 2.75) is 25.7 Å². The molecule has 5 nitrogen and oxygen atoms in total. The third kappa shape index (κ3) is 2.28. The van der Waals surface area contributed by atoms with Gasteiger partial charge in [-0.3, -0.25) is 9.59 Å². The predicted molar refractivity (Wildman–Crippen MR) is 66.7 cm³/mol. The van der Waals surface area contributed by atoms with Gasteiger partial charge in [-0.25, -0.2) is 12.7 Å². The highest BCUT2D eigenvalue weighted by Crippen LogP contribution is 2.29. The Labute approximate surface area is 106 Å². The highest BCUT2D eigenvalue weighted by Gasteiger charge is 2.41. The van der Waals surface area contributed by atoms with Crippen LogP contribution < -0.4 is 0 Å². The smallest absolute Gasteiger partial charge is 0.269 e. The van der Waals surface area contributed by atoms with E-state index in [4.69, 9.17) is 0 Å². The third-order valence-corrected chi connectivity index (χ3v) is 4.07. The Morgan fingerprint density at radius 2 is 1.78 bits per heavy atom. The zero-order chi connectivity index (χ0) is 13.9. The first kappa shape index (κ1) is 14.4. The van der Waals surface area contributed by atoms with E-state index in [0.29, 0.717) is 4.31 Å². The van der Waals surface area contributed by atoms with Crippen molar-refractivity contribution in [3.63, 3.8) is 0 Å². The van der Waals surface area contributed by atoms with Gasteiger partial charge in [-0.1, -0.05) is 26.0 Å². The maximum Gasteiger partial charge on any atom is 0.269 e. The maximum absolute atomic E-state index is 11.9. The summed E-state index contributed by atoms with van der Waals surface area (Å²) in [4.78, 5) is 22.6. The molecule has 6 heteroatoms. The summed E-state index contributed by atoms with van der Waals surface area (Å²) < 4.78 is 24.4. The molecule has 0 saturated heterocycles. The van der Waals surface area contributed by atoms with Crippen molar-refractivity contribution < 1.29 is 18.0 Å². The van der Waals surface area contributed by atoms with Gasteiger partial charge >= 0.3 is 0 Å². The maximum atomic E-state index is 11.9. The summed E-state index contributed by atoms with van der Waals surface area (Å²) in [6.07, 6.45) is 0. The molecule has 0 saturated carbocycles. The van der Waals surface area contributed by atoms with Crippen LogP contribution in [0.25, 0.3) is 0 Å². The molecule has 0 fully saturated rings. The molecule has 0 unspecified atom stereocenters. The summed E-state index contributed by atoms with van der Waals surface area (Å²) in [5, 5.41) is 0. The van der Waals surface area contributed by atoms with Crippen LogP contribution in [0.3, 0.4) is 0 Å². The van der Waals surface area contributed by atoms with Crippen LogP contribution >= 0.6 is 0 Å². The lowest BCUT2D eigenvalue weighted by Crippen LogP contribution is -2.34. The summed E-state index contributed by atoms with van der Waals surface area (Å²) in [5.41, 5.74) is 0.128. The molecular formula is C12H15NO4S. The van der Waals surface area contributed by atoms with E-state index in [1.165, 1.54) is 19.1 Å². The molecule has 1 aromatic carbocycles. The van der Waals surface area contributed by atoms with Crippen LogP contribution in [0, 0.1) is 0 Å². The van der Waals surface area contributed by atoms with Crippen LogP contribution in [0.5, 0.6) is 0 Å². The van der Waals surface area contributed by atoms with E-state index in [1.54, 1.807) is 12.1 Å². The van der Waals surface area contributed by atoms with Crippen molar-refractivity contribution in [1.29, 1.82) is 0 Å². The summed E-state index contributed by atoms with van der Waals surface area (Å²) in [6, 6.07) is 5.93. The van der Waals surface area contributed by atoms with Gasteiger partial charge in [0, 0.05) is 0 Å². The molecule has 18 heavy (non-hydrogen) atoms. The molecule has 0 bridgehead atoms. The summed E-state index contributed by atoms with van der Waals surface area (Å²) in [6.45, 7) is 4.83. The van der Waals surface area contributed by atoms with Gasteiger partial charge in [-0.05, 0) is 19.1 Å². The number of hydrogen-bond acceptors (Lipinski definition) is 4. The van der Waals surface area contributed by atoms with Gasteiger partial charge in [-0.15, -0.1) is 0 Å². The first-order valence-electron chi connectivity index (χ1n) is 5.60. The molecule has 1 aliphatic rings. The number of amides is 1. The molecule has 2 rings (SSSR count). The van der Waals surface area contributed by atoms with Gasteiger partial charge in [-0.2, -0.15) is 0 Å². The lowest BCUT2D eigenvalue weighted by molar-refractivity contribution is -0.116. The largest absolute Gasteiger partial charge is 0.298 e. The average Bonchev–Trinajstić information content (AvgIpc) is 2.54. The molecular weight excluding hydrogens is 254 g/mol. The molecule has 0 aliphatic carbocycles. The number of Topliss-reactive ketones (excluding diaryl/α,β-unsaturated/α-hetero) is 1. The Balaban J connectivity index is 0.000000771. The van der Waals surface area contributed by atoms with Crippen LogP contribution in [0.15, 0.2) is 29.2 Å². The van der Waals surface area contributed by atoms with E-state index in [9.17, 15) is 18.0 Å². The van der Waals surface area contributed by atoms with Crippen molar-refractivity contribution in [3.05, 3.63) is 29.8 Å². The number of fused-ring (bicyclic) bond motifs is 1. The van der Waals surface area contributed by atoms with Gasteiger partial charge in [0.15, 0.2) is 0 Å². The normalized spacial score (nSPS) is 15.7. The Bertz CT molecular complexity index is 577. The highest BCUT2D eigenvalue weighted by atomic mass is 32.2. The zero-order valence-electron chi connectivity index (χ0n) is 10.5. The van der Waals surface area contributed by atoms with Crippen LogP contribution in [-0.2, 0) is 14.8 Å². The van der Waals surface area contributed by atoms with E-state index in [2.05, 4.69) is 0 Å². The van der Waals surface area contributed by atoms with Crippen molar-refractivity contribution in [2.75, 3.05) is 6.54 Å². The van der Waals surface area contributed by atoms with Crippen LogP contribution in [0.1, 0.15) is 31.1 Å². The summed E-state index contributed by atoms with van der Waals surface area (Å²) >= 11 is 0. The standard InChI is InChI=1S/C10H9NO4S.C2H6/c1-7(12)6-11-10(13)8-4-2-3-5-9(8)16(11,14)15;1-2/h2-5H,6H2,1H3;1-2H3.